The molecule has 0 amide bonds. The van der Waals surface area contributed by atoms with Gasteiger partial charge in [-0.2, -0.15) is 5.10 Å². The van der Waals surface area contributed by atoms with Gasteiger partial charge < -0.3 is 5.32 Å². The summed E-state index contributed by atoms with van der Waals surface area (Å²) in [7, 11) is 0. The molecule has 16 heavy (non-hydrogen) atoms. The third-order valence-corrected chi connectivity index (χ3v) is 3.52. The zero-order valence-electron chi connectivity index (χ0n) is 9.82. The Hall–Kier alpha value is -0.540. The van der Waals surface area contributed by atoms with E-state index in [-0.39, 0.29) is 0 Å². The minimum absolute atomic E-state index is 0.370. The zero-order chi connectivity index (χ0) is 11.4. The summed E-state index contributed by atoms with van der Waals surface area (Å²) in [5.74, 6) is 0. The van der Waals surface area contributed by atoms with E-state index < -0.39 is 0 Å². The Bertz CT molecular complexity index is 318. The number of hydrogen-bond acceptors (Lipinski definition) is 2. The number of hydrogen-bond donors (Lipinski definition) is 1. The van der Waals surface area contributed by atoms with Crippen molar-refractivity contribution in [1.29, 1.82) is 0 Å². The van der Waals surface area contributed by atoms with Gasteiger partial charge in [0.1, 0.15) is 0 Å². The van der Waals surface area contributed by atoms with Gasteiger partial charge in [-0.05, 0) is 19.8 Å². The van der Waals surface area contributed by atoms with E-state index in [2.05, 4.69) is 17.3 Å². The van der Waals surface area contributed by atoms with Gasteiger partial charge in [0.15, 0.2) is 0 Å². The van der Waals surface area contributed by atoms with Gasteiger partial charge in [-0.1, -0.05) is 30.9 Å². The summed E-state index contributed by atoms with van der Waals surface area (Å²) >= 11 is 5.85. The second kappa shape index (κ2) is 5.69. The Labute approximate surface area is 102 Å². The highest BCUT2D eigenvalue weighted by Crippen LogP contribution is 2.18. The molecule has 1 aliphatic rings. The maximum atomic E-state index is 5.85. The van der Waals surface area contributed by atoms with Crippen molar-refractivity contribution in [2.24, 2.45) is 0 Å². The van der Waals surface area contributed by atoms with Gasteiger partial charge in [-0.15, -0.1) is 0 Å². The lowest BCUT2D eigenvalue weighted by atomic mass is 9.95. The Morgan fingerprint density at radius 2 is 2.25 bits per heavy atom. The number of halogens is 1. The van der Waals surface area contributed by atoms with Crippen molar-refractivity contribution in [3.05, 3.63) is 17.4 Å². The number of nitrogens with one attached hydrogen (secondary N) is 1. The monoisotopic (exact) mass is 241 g/mol. The van der Waals surface area contributed by atoms with Gasteiger partial charge in [0.25, 0.3) is 0 Å². The van der Waals surface area contributed by atoms with Crippen LogP contribution in [-0.4, -0.2) is 22.4 Å². The van der Waals surface area contributed by atoms with Crippen molar-refractivity contribution in [3.8, 4) is 0 Å². The SMILES string of the molecule is CC(CNC1CCCCC1)n1cc(Cl)cn1. The third-order valence-electron chi connectivity index (χ3n) is 3.33. The molecule has 3 nitrogen and oxygen atoms in total. The summed E-state index contributed by atoms with van der Waals surface area (Å²) in [5, 5.41) is 8.56. The molecular formula is C12H20ClN3. The topological polar surface area (TPSA) is 29.9 Å². The summed E-state index contributed by atoms with van der Waals surface area (Å²) in [6.45, 7) is 3.14. The van der Waals surface area contributed by atoms with Gasteiger partial charge in [0.05, 0.1) is 17.3 Å². The first-order chi connectivity index (χ1) is 7.75. The van der Waals surface area contributed by atoms with Crippen LogP contribution in [-0.2, 0) is 0 Å². The molecule has 0 aromatic carbocycles. The van der Waals surface area contributed by atoms with Crippen molar-refractivity contribution in [1.82, 2.24) is 15.1 Å². The minimum atomic E-state index is 0.370. The Balaban J connectivity index is 1.76. The fraction of sp³-hybridized carbons (Fsp3) is 0.750. The van der Waals surface area contributed by atoms with Crippen LogP contribution in [0.25, 0.3) is 0 Å². The molecule has 1 atom stereocenters. The first-order valence-corrected chi connectivity index (χ1v) is 6.56. The summed E-state index contributed by atoms with van der Waals surface area (Å²) in [6.07, 6.45) is 10.4. The van der Waals surface area contributed by atoms with Crippen molar-refractivity contribution in [2.75, 3.05) is 6.54 Å². The summed E-state index contributed by atoms with van der Waals surface area (Å²) in [4.78, 5) is 0. The average molecular weight is 242 g/mol. The summed E-state index contributed by atoms with van der Waals surface area (Å²) in [6, 6.07) is 1.08. The van der Waals surface area contributed by atoms with Crippen LogP contribution in [0.2, 0.25) is 5.02 Å². The van der Waals surface area contributed by atoms with E-state index in [0.29, 0.717) is 17.1 Å². The highest BCUT2D eigenvalue weighted by Gasteiger charge is 2.14. The van der Waals surface area contributed by atoms with E-state index in [4.69, 9.17) is 11.6 Å². The fourth-order valence-corrected chi connectivity index (χ4v) is 2.44. The normalized spacial score (nSPS) is 19.9. The van der Waals surface area contributed by atoms with Crippen LogP contribution in [0.5, 0.6) is 0 Å². The molecule has 1 unspecified atom stereocenters. The molecule has 0 aliphatic heterocycles. The Kier molecular flexibility index (Phi) is 4.24. The Morgan fingerprint density at radius 3 is 2.88 bits per heavy atom. The van der Waals surface area contributed by atoms with Gasteiger partial charge >= 0.3 is 0 Å². The van der Waals surface area contributed by atoms with Gasteiger partial charge in [0.2, 0.25) is 0 Å². The van der Waals surface area contributed by atoms with Crippen LogP contribution in [0.15, 0.2) is 12.4 Å². The fourth-order valence-electron chi connectivity index (χ4n) is 2.29. The van der Waals surface area contributed by atoms with Crippen molar-refractivity contribution >= 4 is 11.6 Å². The molecule has 1 aliphatic carbocycles. The minimum Gasteiger partial charge on any atom is -0.312 e. The zero-order valence-corrected chi connectivity index (χ0v) is 10.6. The van der Waals surface area contributed by atoms with E-state index in [0.717, 1.165) is 6.54 Å². The van der Waals surface area contributed by atoms with Crippen LogP contribution in [0.1, 0.15) is 45.1 Å². The molecule has 1 aromatic rings. The molecule has 0 saturated heterocycles. The maximum absolute atomic E-state index is 5.85. The number of aromatic nitrogens is 2. The lowest BCUT2D eigenvalue weighted by Gasteiger charge is -2.24. The molecule has 0 radical (unpaired) electrons. The van der Waals surface area contributed by atoms with E-state index in [1.165, 1.54) is 32.1 Å². The lowest BCUT2D eigenvalue weighted by molar-refractivity contribution is 0.344. The summed E-state index contributed by atoms with van der Waals surface area (Å²) < 4.78 is 1.93. The van der Waals surface area contributed by atoms with E-state index in [9.17, 15) is 0 Å². The molecule has 1 aromatic heterocycles. The number of rotatable bonds is 4. The van der Waals surface area contributed by atoms with Crippen LogP contribution in [0.3, 0.4) is 0 Å². The quantitative estimate of drug-likeness (QED) is 0.878. The second-order valence-corrected chi connectivity index (χ2v) is 5.17. The van der Waals surface area contributed by atoms with Crippen LogP contribution >= 0.6 is 11.6 Å². The molecular weight excluding hydrogens is 222 g/mol. The molecule has 1 saturated carbocycles. The smallest absolute Gasteiger partial charge is 0.0785 e. The standard InChI is InChI=1S/C12H20ClN3/c1-10(16-9-11(13)8-15-16)7-14-12-5-3-2-4-6-12/h8-10,12,14H,2-7H2,1H3. The molecule has 4 heteroatoms. The molecule has 90 valence electrons. The maximum Gasteiger partial charge on any atom is 0.0785 e. The number of nitrogens with zero attached hydrogens (tertiary/aromatic N) is 2. The van der Waals surface area contributed by atoms with Gasteiger partial charge in [-0.25, -0.2) is 0 Å². The van der Waals surface area contributed by atoms with Gasteiger partial charge in [0, 0.05) is 18.8 Å². The largest absolute Gasteiger partial charge is 0.312 e. The second-order valence-electron chi connectivity index (χ2n) is 4.73. The first kappa shape index (κ1) is 11.9. The molecule has 1 fully saturated rings. The molecule has 1 N–H and O–H groups in total. The molecule has 2 rings (SSSR count). The summed E-state index contributed by atoms with van der Waals surface area (Å²) in [5.41, 5.74) is 0. The van der Waals surface area contributed by atoms with E-state index >= 15 is 0 Å². The predicted octanol–water partition coefficient (Wildman–Crippen LogP) is 3.02. The van der Waals surface area contributed by atoms with Gasteiger partial charge in [-0.3, -0.25) is 4.68 Å². The van der Waals surface area contributed by atoms with Crippen LogP contribution < -0.4 is 5.32 Å². The first-order valence-electron chi connectivity index (χ1n) is 6.19. The van der Waals surface area contributed by atoms with E-state index in [1.54, 1.807) is 6.20 Å². The van der Waals surface area contributed by atoms with Crippen molar-refractivity contribution in [2.45, 2.75) is 51.1 Å². The van der Waals surface area contributed by atoms with Crippen LogP contribution in [0.4, 0.5) is 0 Å². The highest BCUT2D eigenvalue weighted by molar-refractivity contribution is 6.30. The highest BCUT2D eigenvalue weighted by atomic mass is 35.5. The third kappa shape index (κ3) is 3.22. The van der Waals surface area contributed by atoms with Crippen molar-refractivity contribution < 1.29 is 0 Å². The van der Waals surface area contributed by atoms with E-state index in [1.807, 2.05) is 10.9 Å². The molecule has 0 bridgehead atoms. The molecule has 0 spiro atoms. The lowest BCUT2D eigenvalue weighted by Crippen LogP contribution is -2.35. The molecule has 1 heterocycles. The predicted molar refractivity (Wildman–Crippen MR) is 66.8 cm³/mol. The Morgan fingerprint density at radius 1 is 1.50 bits per heavy atom. The average Bonchev–Trinajstić information content (AvgIpc) is 2.74. The van der Waals surface area contributed by atoms with Crippen molar-refractivity contribution in [3.63, 3.8) is 0 Å². The van der Waals surface area contributed by atoms with Crippen LogP contribution in [0, 0.1) is 0 Å².